The van der Waals surface area contributed by atoms with Crippen molar-refractivity contribution in [1.82, 2.24) is 4.90 Å². The molecule has 76 valence electrons. The summed E-state index contributed by atoms with van der Waals surface area (Å²) in [5.74, 6) is 0. The Bertz CT molecular complexity index is 325. The van der Waals surface area contributed by atoms with E-state index in [4.69, 9.17) is 5.26 Å². The van der Waals surface area contributed by atoms with E-state index in [2.05, 4.69) is 40.7 Å². The molecule has 0 N–H and O–H groups in total. The van der Waals surface area contributed by atoms with Gasteiger partial charge in [-0.2, -0.15) is 5.26 Å². The van der Waals surface area contributed by atoms with Crippen molar-refractivity contribution in [3.63, 3.8) is 0 Å². The van der Waals surface area contributed by atoms with Gasteiger partial charge < -0.3 is 0 Å². The molecule has 0 spiro atoms. The molecule has 1 aromatic rings. The summed E-state index contributed by atoms with van der Waals surface area (Å²) in [7, 11) is 0. The normalized spacial score (nSPS) is 12.8. The lowest BCUT2D eigenvalue weighted by molar-refractivity contribution is 0.265. The van der Waals surface area contributed by atoms with E-state index >= 15 is 0 Å². The summed E-state index contributed by atoms with van der Waals surface area (Å²) < 4.78 is 1.04. The maximum absolute atomic E-state index is 9.15. The first-order valence-electron chi connectivity index (χ1n) is 4.61. The standard InChI is InChI=1S/C10H13BrN2S/c1-3-13(4-2)9(7-12)10-8(11)5-6-14-10/h5-6,9H,3-4H2,1-2H3. The van der Waals surface area contributed by atoms with Crippen LogP contribution in [0, 0.1) is 11.3 Å². The van der Waals surface area contributed by atoms with Crippen molar-refractivity contribution in [2.45, 2.75) is 19.9 Å². The predicted octanol–water partition coefficient (Wildman–Crippen LogP) is 3.42. The SMILES string of the molecule is CCN(CC)C(C#N)c1sccc1Br. The Morgan fingerprint density at radius 3 is 2.57 bits per heavy atom. The summed E-state index contributed by atoms with van der Waals surface area (Å²) in [6, 6.07) is 4.24. The molecule has 1 aromatic heterocycles. The molecule has 0 bridgehead atoms. The van der Waals surface area contributed by atoms with Gasteiger partial charge in [-0.05, 0) is 40.5 Å². The average molecular weight is 273 g/mol. The van der Waals surface area contributed by atoms with Crippen molar-refractivity contribution in [3.05, 3.63) is 20.8 Å². The minimum absolute atomic E-state index is 0.112. The lowest BCUT2D eigenvalue weighted by Gasteiger charge is -2.23. The maximum atomic E-state index is 9.15. The maximum Gasteiger partial charge on any atom is 0.134 e. The number of hydrogen-bond donors (Lipinski definition) is 0. The third-order valence-electron chi connectivity index (χ3n) is 2.19. The van der Waals surface area contributed by atoms with Crippen LogP contribution in [0.5, 0.6) is 0 Å². The van der Waals surface area contributed by atoms with Gasteiger partial charge in [0.2, 0.25) is 0 Å². The van der Waals surface area contributed by atoms with Crippen LogP contribution in [0.15, 0.2) is 15.9 Å². The largest absolute Gasteiger partial charge is 0.284 e. The molecule has 0 aliphatic heterocycles. The van der Waals surface area contributed by atoms with E-state index in [1.807, 2.05) is 11.4 Å². The van der Waals surface area contributed by atoms with E-state index in [1.165, 1.54) is 0 Å². The lowest BCUT2D eigenvalue weighted by Crippen LogP contribution is -2.27. The quantitative estimate of drug-likeness (QED) is 0.840. The summed E-state index contributed by atoms with van der Waals surface area (Å²) in [5, 5.41) is 11.2. The zero-order chi connectivity index (χ0) is 10.6. The van der Waals surface area contributed by atoms with Crippen molar-refractivity contribution >= 4 is 27.3 Å². The van der Waals surface area contributed by atoms with Gasteiger partial charge in [0.05, 0.1) is 10.9 Å². The number of hydrogen-bond acceptors (Lipinski definition) is 3. The molecule has 0 aromatic carbocycles. The highest BCUT2D eigenvalue weighted by Crippen LogP contribution is 2.32. The number of thiophene rings is 1. The van der Waals surface area contributed by atoms with Gasteiger partial charge in [0.15, 0.2) is 0 Å². The molecular weight excluding hydrogens is 260 g/mol. The Kier molecular flexibility index (Phi) is 4.59. The topological polar surface area (TPSA) is 27.0 Å². The van der Waals surface area contributed by atoms with E-state index in [0.29, 0.717) is 0 Å². The highest BCUT2D eigenvalue weighted by Gasteiger charge is 2.20. The summed E-state index contributed by atoms with van der Waals surface area (Å²) in [6.07, 6.45) is 0. The number of nitrogens with zero attached hydrogens (tertiary/aromatic N) is 2. The van der Waals surface area contributed by atoms with Crippen LogP contribution in [0.4, 0.5) is 0 Å². The fourth-order valence-corrected chi connectivity index (χ4v) is 3.06. The zero-order valence-electron chi connectivity index (χ0n) is 8.33. The fourth-order valence-electron chi connectivity index (χ4n) is 1.40. The molecule has 14 heavy (non-hydrogen) atoms. The van der Waals surface area contributed by atoms with Gasteiger partial charge in [-0.15, -0.1) is 11.3 Å². The highest BCUT2D eigenvalue weighted by molar-refractivity contribution is 9.10. The summed E-state index contributed by atoms with van der Waals surface area (Å²) >= 11 is 5.10. The molecule has 0 aliphatic rings. The van der Waals surface area contributed by atoms with E-state index in [-0.39, 0.29) is 6.04 Å². The van der Waals surface area contributed by atoms with Gasteiger partial charge >= 0.3 is 0 Å². The first kappa shape index (κ1) is 11.7. The van der Waals surface area contributed by atoms with Crippen molar-refractivity contribution in [2.75, 3.05) is 13.1 Å². The van der Waals surface area contributed by atoms with Gasteiger partial charge in [0.1, 0.15) is 6.04 Å². The van der Waals surface area contributed by atoms with Crippen molar-refractivity contribution < 1.29 is 0 Å². The van der Waals surface area contributed by atoms with Crippen molar-refractivity contribution in [1.29, 1.82) is 5.26 Å². The first-order chi connectivity index (χ1) is 6.74. The van der Waals surface area contributed by atoms with Crippen LogP contribution in [0.2, 0.25) is 0 Å². The molecule has 1 atom stereocenters. The molecule has 0 saturated carbocycles. The number of halogens is 1. The molecule has 1 rings (SSSR count). The Morgan fingerprint density at radius 1 is 1.57 bits per heavy atom. The molecule has 0 fully saturated rings. The molecule has 0 amide bonds. The Labute approximate surface area is 97.3 Å². The van der Waals surface area contributed by atoms with Gasteiger partial charge in [-0.3, -0.25) is 4.90 Å². The third kappa shape index (κ3) is 2.35. The monoisotopic (exact) mass is 272 g/mol. The number of nitriles is 1. The summed E-state index contributed by atoms with van der Waals surface area (Å²) in [5.41, 5.74) is 0. The Balaban J connectivity index is 2.93. The van der Waals surface area contributed by atoms with Gasteiger partial charge in [0.25, 0.3) is 0 Å². The summed E-state index contributed by atoms with van der Waals surface area (Å²) in [4.78, 5) is 3.26. The molecule has 4 heteroatoms. The van der Waals surface area contributed by atoms with E-state index in [9.17, 15) is 0 Å². The molecule has 0 radical (unpaired) electrons. The highest BCUT2D eigenvalue weighted by atomic mass is 79.9. The Morgan fingerprint density at radius 2 is 2.21 bits per heavy atom. The van der Waals surface area contributed by atoms with Crippen LogP contribution in [0.25, 0.3) is 0 Å². The smallest absolute Gasteiger partial charge is 0.134 e. The molecular formula is C10H13BrN2S. The third-order valence-corrected chi connectivity index (χ3v) is 4.12. The minimum atomic E-state index is -0.112. The molecule has 0 saturated heterocycles. The summed E-state index contributed by atoms with van der Waals surface area (Å²) in [6.45, 7) is 5.96. The van der Waals surface area contributed by atoms with Crippen LogP contribution < -0.4 is 0 Å². The van der Waals surface area contributed by atoms with Gasteiger partial charge in [-0.25, -0.2) is 0 Å². The van der Waals surface area contributed by atoms with Crippen LogP contribution in [-0.2, 0) is 0 Å². The second-order valence-corrected chi connectivity index (χ2v) is 4.69. The van der Waals surface area contributed by atoms with Crippen LogP contribution in [0.3, 0.4) is 0 Å². The molecule has 0 aliphatic carbocycles. The second-order valence-electron chi connectivity index (χ2n) is 2.89. The predicted molar refractivity (Wildman–Crippen MR) is 63.3 cm³/mol. The van der Waals surface area contributed by atoms with Crippen LogP contribution >= 0.6 is 27.3 Å². The van der Waals surface area contributed by atoms with Crippen LogP contribution in [0.1, 0.15) is 24.8 Å². The Hall–Kier alpha value is -0.370. The van der Waals surface area contributed by atoms with E-state index in [1.54, 1.807) is 11.3 Å². The second kappa shape index (κ2) is 5.50. The van der Waals surface area contributed by atoms with Gasteiger partial charge in [0, 0.05) is 4.47 Å². The van der Waals surface area contributed by atoms with Crippen LogP contribution in [-0.4, -0.2) is 18.0 Å². The molecule has 2 nitrogen and oxygen atoms in total. The number of rotatable bonds is 4. The van der Waals surface area contributed by atoms with E-state index < -0.39 is 0 Å². The first-order valence-corrected chi connectivity index (χ1v) is 6.28. The van der Waals surface area contributed by atoms with Crippen molar-refractivity contribution in [2.24, 2.45) is 0 Å². The average Bonchev–Trinajstić information content (AvgIpc) is 2.61. The van der Waals surface area contributed by atoms with Gasteiger partial charge in [-0.1, -0.05) is 13.8 Å². The van der Waals surface area contributed by atoms with E-state index in [0.717, 1.165) is 22.4 Å². The fraction of sp³-hybridized carbons (Fsp3) is 0.500. The lowest BCUT2D eigenvalue weighted by atomic mass is 10.2. The molecule has 1 heterocycles. The van der Waals surface area contributed by atoms with Crippen molar-refractivity contribution in [3.8, 4) is 6.07 Å². The zero-order valence-corrected chi connectivity index (χ0v) is 10.7. The molecule has 1 unspecified atom stereocenters. The minimum Gasteiger partial charge on any atom is -0.284 e.